The molecule has 2 heterocycles. The molecule has 2 aromatic heterocycles. The molecule has 9 heteroatoms. The van der Waals surface area contributed by atoms with Crippen LogP contribution in [0.3, 0.4) is 0 Å². The number of methoxy groups -OCH3 is 1. The van der Waals surface area contributed by atoms with Crippen molar-refractivity contribution in [2.45, 2.75) is 26.8 Å². The molecule has 2 rings (SSSR count). The molecule has 0 spiro atoms. The highest BCUT2D eigenvalue weighted by Crippen LogP contribution is 2.25. The molecule has 118 valence electrons. The lowest BCUT2D eigenvalue weighted by Gasteiger charge is -2.13. The number of ether oxygens (including phenoxy) is 1. The van der Waals surface area contributed by atoms with Crippen LogP contribution in [-0.4, -0.2) is 33.8 Å². The van der Waals surface area contributed by atoms with Gasteiger partial charge in [-0.2, -0.15) is 5.10 Å². The Morgan fingerprint density at radius 1 is 1.45 bits per heavy atom. The predicted molar refractivity (Wildman–Crippen MR) is 86.2 cm³/mol. The molecule has 1 amide bonds. The number of carbonyl (C=O) groups excluding carboxylic acids is 2. The number of esters is 1. The quantitative estimate of drug-likeness (QED) is 0.816. The molecule has 1 N–H and O–H groups in total. The first kappa shape index (κ1) is 16.6. The summed E-state index contributed by atoms with van der Waals surface area (Å²) in [6.07, 6.45) is 1.64. The number of aromatic nitrogens is 3. The summed E-state index contributed by atoms with van der Waals surface area (Å²) in [5.41, 5.74) is 1.38. The monoisotopic (exact) mass is 386 g/mol. The highest BCUT2D eigenvalue weighted by Gasteiger charge is 2.22. The number of nitrogens with zero attached hydrogens (tertiary/aromatic N) is 3. The number of nitrogens with one attached hydrogen (secondary N) is 1. The molecular weight excluding hydrogens is 372 g/mol. The molecule has 0 aliphatic heterocycles. The van der Waals surface area contributed by atoms with E-state index in [0.717, 1.165) is 21.5 Å². The Morgan fingerprint density at radius 2 is 2.14 bits per heavy atom. The first-order valence-electron chi connectivity index (χ1n) is 6.41. The third-order valence-corrected chi connectivity index (χ3v) is 4.96. The van der Waals surface area contributed by atoms with E-state index in [-0.39, 0.29) is 5.91 Å². The zero-order valence-electron chi connectivity index (χ0n) is 12.5. The highest BCUT2D eigenvalue weighted by atomic mass is 79.9. The second kappa shape index (κ2) is 6.57. The van der Waals surface area contributed by atoms with E-state index in [9.17, 15) is 9.59 Å². The van der Waals surface area contributed by atoms with Gasteiger partial charge in [0.1, 0.15) is 10.9 Å². The van der Waals surface area contributed by atoms with Crippen LogP contribution in [0, 0.1) is 13.8 Å². The topological polar surface area (TPSA) is 86.1 Å². The summed E-state index contributed by atoms with van der Waals surface area (Å²) in [5, 5.41) is 7.22. The fraction of sp³-hybridized carbons (Fsp3) is 0.385. The smallest absolute Gasteiger partial charge is 0.350 e. The molecule has 0 aromatic carbocycles. The van der Waals surface area contributed by atoms with Crippen molar-refractivity contribution in [3.63, 3.8) is 0 Å². The molecule has 2 aromatic rings. The Labute approximate surface area is 139 Å². The number of carbonyl (C=O) groups is 2. The molecule has 0 radical (unpaired) electrons. The van der Waals surface area contributed by atoms with Crippen LogP contribution in [0.5, 0.6) is 0 Å². The van der Waals surface area contributed by atoms with Crippen molar-refractivity contribution in [2.24, 2.45) is 0 Å². The summed E-state index contributed by atoms with van der Waals surface area (Å²) in [6.45, 7) is 5.30. The molecule has 0 saturated heterocycles. The number of amides is 1. The van der Waals surface area contributed by atoms with E-state index < -0.39 is 12.0 Å². The molecule has 0 aliphatic carbocycles. The minimum Gasteiger partial charge on any atom is -0.465 e. The number of aryl methyl sites for hydroxylation is 1. The molecule has 1 unspecified atom stereocenters. The van der Waals surface area contributed by atoms with Gasteiger partial charge in [0.05, 0.1) is 29.2 Å². The van der Waals surface area contributed by atoms with Gasteiger partial charge in [0.2, 0.25) is 0 Å². The van der Waals surface area contributed by atoms with Gasteiger partial charge in [0, 0.05) is 0 Å². The average Bonchev–Trinajstić information content (AvgIpc) is 3.01. The van der Waals surface area contributed by atoms with Crippen LogP contribution in [0.4, 0.5) is 5.13 Å². The fourth-order valence-corrected chi connectivity index (χ4v) is 3.01. The summed E-state index contributed by atoms with van der Waals surface area (Å²) >= 11 is 4.45. The first-order valence-corrected chi connectivity index (χ1v) is 8.02. The van der Waals surface area contributed by atoms with Crippen molar-refractivity contribution in [2.75, 3.05) is 12.4 Å². The van der Waals surface area contributed by atoms with Gasteiger partial charge < -0.3 is 10.1 Å². The normalized spacial score (nSPS) is 12.0. The van der Waals surface area contributed by atoms with Crippen molar-refractivity contribution < 1.29 is 14.3 Å². The Bertz CT molecular complexity index is 725. The summed E-state index contributed by atoms with van der Waals surface area (Å²) in [7, 11) is 1.31. The predicted octanol–water partition coefficient (Wildman–Crippen LogP) is 2.71. The maximum absolute atomic E-state index is 12.3. The van der Waals surface area contributed by atoms with E-state index in [0.29, 0.717) is 15.7 Å². The molecule has 0 fully saturated rings. The molecule has 0 aliphatic rings. The molecule has 0 saturated carbocycles. The van der Waals surface area contributed by atoms with Gasteiger partial charge in [-0.15, -0.1) is 0 Å². The second-order valence-corrected chi connectivity index (χ2v) is 6.47. The lowest BCUT2D eigenvalue weighted by Crippen LogP contribution is -2.25. The van der Waals surface area contributed by atoms with Crippen LogP contribution in [0.2, 0.25) is 0 Å². The Morgan fingerprint density at radius 3 is 2.68 bits per heavy atom. The van der Waals surface area contributed by atoms with E-state index in [1.165, 1.54) is 7.11 Å². The summed E-state index contributed by atoms with van der Waals surface area (Å²) < 4.78 is 7.12. The molecule has 0 bridgehead atoms. The van der Waals surface area contributed by atoms with Crippen LogP contribution < -0.4 is 5.32 Å². The largest absolute Gasteiger partial charge is 0.465 e. The zero-order valence-corrected chi connectivity index (χ0v) is 14.9. The van der Waals surface area contributed by atoms with Crippen LogP contribution in [0.1, 0.15) is 34.0 Å². The van der Waals surface area contributed by atoms with E-state index in [1.54, 1.807) is 24.7 Å². The van der Waals surface area contributed by atoms with E-state index >= 15 is 0 Å². The Kier molecular flexibility index (Phi) is 4.97. The van der Waals surface area contributed by atoms with Crippen LogP contribution in [-0.2, 0) is 9.53 Å². The Hall–Kier alpha value is -1.74. The summed E-state index contributed by atoms with van der Waals surface area (Å²) in [5.74, 6) is -0.723. The van der Waals surface area contributed by atoms with E-state index in [1.807, 2.05) is 6.92 Å². The lowest BCUT2D eigenvalue weighted by atomic mass is 10.3. The van der Waals surface area contributed by atoms with Crippen molar-refractivity contribution in [1.29, 1.82) is 0 Å². The van der Waals surface area contributed by atoms with Crippen LogP contribution >= 0.6 is 27.3 Å². The maximum atomic E-state index is 12.3. The van der Waals surface area contributed by atoms with Gasteiger partial charge in [-0.05, 0) is 36.7 Å². The van der Waals surface area contributed by atoms with Gasteiger partial charge in [-0.3, -0.25) is 9.48 Å². The lowest BCUT2D eigenvalue weighted by molar-refractivity contribution is -0.119. The van der Waals surface area contributed by atoms with Gasteiger partial charge in [-0.1, -0.05) is 11.3 Å². The van der Waals surface area contributed by atoms with E-state index in [2.05, 4.69) is 36.1 Å². The summed E-state index contributed by atoms with van der Waals surface area (Å²) in [6, 6.07) is -0.503. The SMILES string of the molecule is COC(=O)c1sc(NC(=O)C(C)n2ncc(Br)c2C)nc1C. The minimum atomic E-state index is -0.503. The van der Waals surface area contributed by atoms with Crippen molar-refractivity contribution in [3.8, 4) is 0 Å². The standard InChI is InChI=1S/C13H15BrN4O3S/c1-6-10(12(20)21-4)22-13(16-6)17-11(19)8(3)18-7(2)9(14)5-15-18/h5,8H,1-4H3,(H,16,17,19). The molecule has 22 heavy (non-hydrogen) atoms. The van der Waals surface area contributed by atoms with Gasteiger partial charge in [0.15, 0.2) is 5.13 Å². The number of hydrogen-bond acceptors (Lipinski definition) is 6. The van der Waals surface area contributed by atoms with Crippen molar-refractivity contribution in [3.05, 3.63) is 26.9 Å². The average molecular weight is 387 g/mol. The highest BCUT2D eigenvalue weighted by molar-refractivity contribution is 9.10. The second-order valence-electron chi connectivity index (χ2n) is 4.61. The van der Waals surface area contributed by atoms with Gasteiger partial charge in [0.25, 0.3) is 5.91 Å². The number of hydrogen-bond donors (Lipinski definition) is 1. The first-order chi connectivity index (χ1) is 10.3. The number of rotatable bonds is 4. The molecular formula is C13H15BrN4O3S. The van der Waals surface area contributed by atoms with Crippen molar-refractivity contribution in [1.82, 2.24) is 14.8 Å². The third kappa shape index (κ3) is 3.20. The molecule has 7 nitrogen and oxygen atoms in total. The van der Waals surface area contributed by atoms with E-state index in [4.69, 9.17) is 0 Å². The fourth-order valence-electron chi connectivity index (χ4n) is 1.85. The zero-order chi connectivity index (χ0) is 16.4. The Balaban J connectivity index is 2.15. The minimum absolute atomic E-state index is 0.260. The van der Waals surface area contributed by atoms with Gasteiger partial charge in [-0.25, -0.2) is 9.78 Å². The van der Waals surface area contributed by atoms with Crippen LogP contribution in [0.25, 0.3) is 0 Å². The van der Waals surface area contributed by atoms with Crippen LogP contribution in [0.15, 0.2) is 10.7 Å². The number of anilines is 1. The number of thiazole rings is 1. The third-order valence-electron chi connectivity index (χ3n) is 3.13. The number of halogens is 1. The molecule has 1 atom stereocenters. The summed E-state index contributed by atoms with van der Waals surface area (Å²) in [4.78, 5) is 28.4. The van der Waals surface area contributed by atoms with Crippen molar-refractivity contribution >= 4 is 44.3 Å². The van der Waals surface area contributed by atoms with Gasteiger partial charge >= 0.3 is 5.97 Å². The maximum Gasteiger partial charge on any atom is 0.350 e.